The van der Waals surface area contributed by atoms with Crippen molar-refractivity contribution in [3.63, 3.8) is 0 Å². The van der Waals surface area contributed by atoms with Gasteiger partial charge >= 0.3 is 6.01 Å². The summed E-state index contributed by atoms with van der Waals surface area (Å²) in [5, 5.41) is 9.08. The highest BCUT2D eigenvalue weighted by Gasteiger charge is 2.07. The molecule has 0 bridgehead atoms. The van der Waals surface area contributed by atoms with Crippen LogP contribution < -0.4 is 5.32 Å². The van der Waals surface area contributed by atoms with Crippen molar-refractivity contribution < 1.29 is 4.52 Å². The van der Waals surface area contributed by atoms with Gasteiger partial charge in [-0.2, -0.15) is 4.98 Å². The van der Waals surface area contributed by atoms with Crippen LogP contribution in [-0.4, -0.2) is 16.7 Å². The fourth-order valence-electron chi connectivity index (χ4n) is 1.26. The Morgan fingerprint density at radius 3 is 3.06 bits per heavy atom. The Morgan fingerprint density at radius 2 is 2.38 bits per heavy atom. The second-order valence-electron chi connectivity index (χ2n) is 4.05. The van der Waals surface area contributed by atoms with E-state index in [1.807, 2.05) is 11.4 Å². The predicted octanol–water partition coefficient (Wildman–Crippen LogP) is 2.79. The third kappa shape index (κ3) is 3.06. The molecule has 2 aromatic rings. The summed E-state index contributed by atoms with van der Waals surface area (Å²) < 4.78 is 5.10. The first-order chi connectivity index (χ1) is 7.74. The second-order valence-corrected chi connectivity index (χ2v) is 5.08. The maximum absolute atomic E-state index is 5.10. The summed E-state index contributed by atoms with van der Waals surface area (Å²) in [6, 6.07) is 4.61. The van der Waals surface area contributed by atoms with E-state index in [1.165, 1.54) is 4.88 Å². The third-order valence-electron chi connectivity index (χ3n) is 2.04. The van der Waals surface area contributed by atoms with Crippen molar-refractivity contribution in [3.8, 4) is 0 Å². The molecule has 0 saturated carbocycles. The van der Waals surface area contributed by atoms with Crippen LogP contribution in [-0.2, 0) is 6.42 Å². The Morgan fingerprint density at radius 1 is 1.50 bits per heavy atom. The summed E-state index contributed by atoms with van der Waals surface area (Å²) in [6.45, 7) is 5.12. The fraction of sp³-hybridized carbons (Fsp3) is 0.455. The maximum atomic E-state index is 5.10. The molecule has 0 spiro atoms. The molecule has 0 amide bonds. The van der Waals surface area contributed by atoms with Crippen LogP contribution in [0, 0.1) is 5.92 Å². The molecule has 0 aliphatic rings. The average molecular weight is 237 g/mol. The number of aromatic nitrogens is 2. The molecule has 4 nitrogen and oxygen atoms in total. The summed E-state index contributed by atoms with van der Waals surface area (Å²) in [7, 11) is 0. The van der Waals surface area contributed by atoms with Crippen molar-refractivity contribution in [2.75, 3.05) is 11.9 Å². The molecule has 0 unspecified atom stereocenters. The van der Waals surface area contributed by atoms with Crippen LogP contribution in [0.4, 0.5) is 6.01 Å². The standard InChI is InChI=1S/C11H15N3OS/c1-8(2)7-12-11-13-10(14-15-11)6-9-4-3-5-16-9/h3-5,8H,6-7H2,1-2H3,(H,12,13,14). The van der Waals surface area contributed by atoms with E-state index >= 15 is 0 Å². The van der Waals surface area contributed by atoms with Gasteiger partial charge in [0.1, 0.15) is 0 Å². The number of hydrogen-bond donors (Lipinski definition) is 1. The van der Waals surface area contributed by atoms with Gasteiger partial charge in [0, 0.05) is 17.8 Å². The first-order valence-electron chi connectivity index (χ1n) is 5.33. The summed E-state index contributed by atoms with van der Waals surface area (Å²) >= 11 is 1.70. The zero-order valence-electron chi connectivity index (χ0n) is 9.43. The van der Waals surface area contributed by atoms with Gasteiger partial charge in [-0.15, -0.1) is 11.3 Å². The molecule has 0 aliphatic heterocycles. The molecule has 16 heavy (non-hydrogen) atoms. The summed E-state index contributed by atoms with van der Waals surface area (Å²) in [5.74, 6) is 1.29. The summed E-state index contributed by atoms with van der Waals surface area (Å²) in [6.07, 6.45) is 0.741. The molecule has 0 atom stereocenters. The highest BCUT2D eigenvalue weighted by molar-refractivity contribution is 7.09. The third-order valence-corrected chi connectivity index (χ3v) is 2.92. The number of thiophene rings is 1. The molecule has 0 saturated heterocycles. The van der Waals surface area contributed by atoms with Gasteiger partial charge in [0.15, 0.2) is 5.82 Å². The molecule has 0 fully saturated rings. The highest BCUT2D eigenvalue weighted by atomic mass is 32.1. The minimum atomic E-state index is 0.514. The van der Waals surface area contributed by atoms with Crippen molar-refractivity contribution in [2.45, 2.75) is 20.3 Å². The molecule has 2 aromatic heterocycles. The smallest absolute Gasteiger partial charge is 0.321 e. The Kier molecular flexibility index (Phi) is 3.56. The van der Waals surface area contributed by atoms with E-state index < -0.39 is 0 Å². The topological polar surface area (TPSA) is 51.0 Å². The van der Waals surface area contributed by atoms with Crippen LogP contribution in [0.2, 0.25) is 0 Å². The van der Waals surface area contributed by atoms with Crippen LogP contribution in [0.15, 0.2) is 22.0 Å². The first kappa shape index (κ1) is 11.1. The molecule has 5 heteroatoms. The molecular formula is C11H15N3OS. The SMILES string of the molecule is CC(C)CNc1nc(Cc2cccs2)no1. The normalized spacial score (nSPS) is 10.9. The van der Waals surface area contributed by atoms with Crippen molar-refractivity contribution in [1.82, 2.24) is 10.1 Å². The number of rotatable bonds is 5. The van der Waals surface area contributed by atoms with E-state index in [2.05, 4.69) is 35.4 Å². The largest absolute Gasteiger partial charge is 0.338 e. The second kappa shape index (κ2) is 5.12. The maximum Gasteiger partial charge on any atom is 0.321 e. The first-order valence-corrected chi connectivity index (χ1v) is 6.21. The Labute approximate surface area is 98.7 Å². The van der Waals surface area contributed by atoms with Crippen molar-refractivity contribution in [1.29, 1.82) is 0 Å². The van der Waals surface area contributed by atoms with Gasteiger partial charge in [-0.05, 0) is 17.4 Å². The van der Waals surface area contributed by atoms with Crippen LogP contribution in [0.5, 0.6) is 0 Å². The Bertz CT molecular complexity index is 422. The number of anilines is 1. The Hall–Kier alpha value is -1.36. The molecular weight excluding hydrogens is 222 g/mol. The van der Waals surface area contributed by atoms with Gasteiger partial charge in [-0.1, -0.05) is 25.1 Å². The molecule has 0 aromatic carbocycles. The molecule has 1 N–H and O–H groups in total. The van der Waals surface area contributed by atoms with Gasteiger partial charge in [0.25, 0.3) is 0 Å². The van der Waals surface area contributed by atoms with Crippen LogP contribution in [0.1, 0.15) is 24.5 Å². The van der Waals surface area contributed by atoms with Gasteiger partial charge in [-0.25, -0.2) is 0 Å². The lowest BCUT2D eigenvalue weighted by molar-refractivity contribution is 0.422. The molecule has 2 rings (SSSR count). The quantitative estimate of drug-likeness (QED) is 0.868. The molecule has 86 valence electrons. The molecule has 2 heterocycles. The molecule has 0 radical (unpaired) electrons. The van der Waals surface area contributed by atoms with Gasteiger partial charge in [0.2, 0.25) is 0 Å². The van der Waals surface area contributed by atoms with E-state index in [1.54, 1.807) is 11.3 Å². The monoisotopic (exact) mass is 237 g/mol. The van der Waals surface area contributed by atoms with Gasteiger partial charge < -0.3 is 9.84 Å². The van der Waals surface area contributed by atoms with Crippen molar-refractivity contribution >= 4 is 17.4 Å². The van der Waals surface area contributed by atoms with Crippen LogP contribution in [0.25, 0.3) is 0 Å². The lowest BCUT2D eigenvalue weighted by Crippen LogP contribution is -2.08. The summed E-state index contributed by atoms with van der Waals surface area (Å²) in [5.41, 5.74) is 0. The zero-order chi connectivity index (χ0) is 11.4. The van der Waals surface area contributed by atoms with Gasteiger partial charge in [-0.3, -0.25) is 0 Å². The Balaban J connectivity index is 1.92. The van der Waals surface area contributed by atoms with E-state index in [0.717, 1.165) is 18.8 Å². The number of hydrogen-bond acceptors (Lipinski definition) is 5. The average Bonchev–Trinajstić information content (AvgIpc) is 2.87. The van der Waals surface area contributed by atoms with Crippen molar-refractivity contribution in [3.05, 3.63) is 28.2 Å². The van der Waals surface area contributed by atoms with Crippen LogP contribution >= 0.6 is 11.3 Å². The minimum absolute atomic E-state index is 0.514. The lowest BCUT2D eigenvalue weighted by atomic mass is 10.2. The van der Waals surface area contributed by atoms with Crippen LogP contribution in [0.3, 0.4) is 0 Å². The van der Waals surface area contributed by atoms with E-state index in [4.69, 9.17) is 4.52 Å². The van der Waals surface area contributed by atoms with E-state index in [9.17, 15) is 0 Å². The number of nitrogens with zero attached hydrogens (tertiary/aromatic N) is 2. The predicted molar refractivity (Wildman–Crippen MR) is 64.8 cm³/mol. The lowest BCUT2D eigenvalue weighted by Gasteiger charge is -2.02. The van der Waals surface area contributed by atoms with E-state index in [-0.39, 0.29) is 0 Å². The highest BCUT2D eigenvalue weighted by Crippen LogP contribution is 2.14. The molecule has 0 aliphatic carbocycles. The van der Waals surface area contributed by atoms with Crippen molar-refractivity contribution in [2.24, 2.45) is 5.92 Å². The zero-order valence-corrected chi connectivity index (χ0v) is 10.3. The van der Waals surface area contributed by atoms with Gasteiger partial charge in [0.05, 0.1) is 0 Å². The van der Waals surface area contributed by atoms with E-state index in [0.29, 0.717) is 11.9 Å². The minimum Gasteiger partial charge on any atom is -0.338 e. The summed E-state index contributed by atoms with van der Waals surface area (Å²) in [4.78, 5) is 5.52. The number of nitrogens with one attached hydrogen (secondary N) is 1. The fourth-order valence-corrected chi connectivity index (χ4v) is 1.96.